The summed E-state index contributed by atoms with van der Waals surface area (Å²) in [4.78, 5) is 11.0. The number of primary amides is 1. The minimum Gasteiger partial charge on any atom is -0.399 e. The van der Waals surface area contributed by atoms with Crippen molar-refractivity contribution >= 4 is 23.2 Å². The number of hydrogen-bond acceptors (Lipinski definition) is 3. The molecule has 0 bridgehead atoms. The van der Waals surface area contributed by atoms with Crippen LogP contribution >= 0.6 is 11.6 Å². The number of amides is 1. The second-order valence-electron chi connectivity index (χ2n) is 4.67. The van der Waals surface area contributed by atoms with E-state index in [2.05, 4.69) is 0 Å². The Kier molecular flexibility index (Phi) is 5.20. The largest absolute Gasteiger partial charge is 0.399 e. The number of carbonyl (C=O) groups excluding carboxylic acids is 1. The number of carbonyl (C=O) groups is 1. The first-order chi connectivity index (χ1) is 10.1. The number of ether oxygens (including phenoxy) is 1. The van der Waals surface area contributed by atoms with E-state index < -0.39 is 5.91 Å². The van der Waals surface area contributed by atoms with Gasteiger partial charge in [0.1, 0.15) is 0 Å². The van der Waals surface area contributed by atoms with Crippen molar-refractivity contribution in [3.05, 3.63) is 64.2 Å². The number of hydrogen-bond donors (Lipinski definition) is 2. The summed E-state index contributed by atoms with van der Waals surface area (Å²) in [6.45, 7) is 0.923. The van der Waals surface area contributed by atoms with Gasteiger partial charge in [0.15, 0.2) is 0 Å². The third-order valence-electron chi connectivity index (χ3n) is 3.17. The molecule has 110 valence electrons. The molecule has 2 aromatic carbocycles. The summed E-state index contributed by atoms with van der Waals surface area (Å²) in [7, 11) is 0. The summed E-state index contributed by atoms with van der Waals surface area (Å²) in [5.41, 5.74) is 14.1. The molecule has 2 rings (SSSR count). The summed E-state index contributed by atoms with van der Waals surface area (Å²) in [6.07, 6.45) is 0.740. The van der Waals surface area contributed by atoms with Gasteiger partial charge in [-0.3, -0.25) is 4.79 Å². The molecule has 2 aromatic rings. The van der Waals surface area contributed by atoms with Crippen LogP contribution in [0.5, 0.6) is 0 Å². The Hall–Kier alpha value is -2.04. The van der Waals surface area contributed by atoms with Crippen LogP contribution < -0.4 is 11.5 Å². The monoisotopic (exact) mass is 304 g/mol. The number of para-hydroxylation sites is 1. The van der Waals surface area contributed by atoms with E-state index in [0.29, 0.717) is 23.8 Å². The van der Waals surface area contributed by atoms with Gasteiger partial charge in [-0.1, -0.05) is 35.9 Å². The van der Waals surface area contributed by atoms with Crippen molar-refractivity contribution in [1.82, 2.24) is 0 Å². The van der Waals surface area contributed by atoms with Crippen molar-refractivity contribution in [1.29, 1.82) is 0 Å². The fourth-order valence-corrected chi connectivity index (χ4v) is 2.18. The highest BCUT2D eigenvalue weighted by Gasteiger charge is 2.06. The fourth-order valence-electron chi connectivity index (χ4n) is 1.94. The minimum absolute atomic E-state index is 0.380. The average Bonchev–Trinajstić information content (AvgIpc) is 2.46. The van der Waals surface area contributed by atoms with Gasteiger partial charge in [0, 0.05) is 16.3 Å². The van der Waals surface area contributed by atoms with E-state index in [9.17, 15) is 4.79 Å². The summed E-state index contributed by atoms with van der Waals surface area (Å²) >= 11 is 6.09. The molecule has 0 spiro atoms. The highest BCUT2D eigenvalue weighted by Crippen LogP contribution is 2.19. The van der Waals surface area contributed by atoms with Gasteiger partial charge < -0.3 is 16.2 Å². The van der Waals surface area contributed by atoms with Crippen LogP contribution in [0.15, 0.2) is 42.5 Å². The van der Waals surface area contributed by atoms with Crippen molar-refractivity contribution in [3.8, 4) is 0 Å². The van der Waals surface area contributed by atoms with Gasteiger partial charge in [0.25, 0.3) is 0 Å². The van der Waals surface area contributed by atoms with E-state index in [1.54, 1.807) is 18.2 Å². The Morgan fingerprint density at radius 1 is 1.14 bits per heavy atom. The van der Waals surface area contributed by atoms with E-state index in [1.165, 1.54) is 0 Å². The van der Waals surface area contributed by atoms with Crippen molar-refractivity contribution in [2.75, 3.05) is 12.3 Å². The normalized spacial score (nSPS) is 10.5. The number of anilines is 1. The molecule has 0 aromatic heterocycles. The van der Waals surface area contributed by atoms with Crippen molar-refractivity contribution in [3.63, 3.8) is 0 Å². The van der Waals surface area contributed by atoms with E-state index in [4.69, 9.17) is 27.8 Å². The molecule has 0 saturated heterocycles. The van der Waals surface area contributed by atoms with Gasteiger partial charge in [0.05, 0.1) is 13.2 Å². The maximum atomic E-state index is 11.0. The SMILES string of the molecule is NC(=O)c1ccc(COCCc2ccccc2N)c(Cl)c1. The van der Waals surface area contributed by atoms with Crippen molar-refractivity contribution in [2.45, 2.75) is 13.0 Å². The van der Waals surface area contributed by atoms with Crippen LogP contribution in [0.3, 0.4) is 0 Å². The second kappa shape index (κ2) is 7.11. The minimum atomic E-state index is -0.496. The van der Waals surface area contributed by atoms with E-state index >= 15 is 0 Å². The number of rotatable bonds is 6. The van der Waals surface area contributed by atoms with Crippen molar-refractivity contribution in [2.24, 2.45) is 5.73 Å². The Bertz CT molecular complexity index is 644. The standard InChI is InChI=1S/C16H17ClN2O2/c17-14-9-12(16(19)20)5-6-13(14)10-21-8-7-11-3-1-2-4-15(11)18/h1-6,9H,7-8,10,18H2,(H2,19,20). The Labute approximate surface area is 128 Å². The lowest BCUT2D eigenvalue weighted by atomic mass is 10.1. The molecule has 0 radical (unpaired) electrons. The highest BCUT2D eigenvalue weighted by molar-refractivity contribution is 6.31. The zero-order valence-electron chi connectivity index (χ0n) is 11.5. The predicted octanol–water partition coefficient (Wildman–Crippen LogP) is 2.78. The molecular weight excluding hydrogens is 288 g/mol. The molecule has 4 nitrogen and oxygen atoms in total. The van der Waals surface area contributed by atoms with Gasteiger partial charge in [-0.05, 0) is 35.7 Å². The molecule has 0 saturated carbocycles. The average molecular weight is 305 g/mol. The zero-order valence-corrected chi connectivity index (χ0v) is 12.3. The maximum Gasteiger partial charge on any atom is 0.248 e. The molecule has 1 amide bonds. The molecule has 5 heteroatoms. The Morgan fingerprint density at radius 3 is 2.57 bits per heavy atom. The number of benzene rings is 2. The van der Waals surface area contributed by atoms with Crippen LogP contribution in [-0.2, 0) is 17.8 Å². The van der Waals surface area contributed by atoms with Gasteiger partial charge in [-0.15, -0.1) is 0 Å². The molecule has 0 aliphatic heterocycles. The summed E-state index contributed by atoms with van der Waals surface area (Å²) in [6, 6.07) is 12.6. The molecular formula is C16H17ClN2O2. The van der Waals surface area contributed by atoms with Crippen LogP contribution in [0.25, 0.3) is 0 Å². The van der Waals surface area contributed by atoms with Crippen molar-refractivity contribution < 1.29 is 9.53 Å². The van der Waals surface area contributed by atoms with E-state index in [1.807, 2.05) is 24.3 Å². The van der Waals surface area contributed by atoms with Gasteiger partial charge >= 0.3 is 0 Å². The van der Waals surface area contributed by atoms with Crippen LogP contribution in [0, 0.1) is 0 Å². The zero-order chi connectivity index (χ0) is 15.2. The quantitative estimate of drug-likeness (QED) is 0.636. The molecule has 0 aliphatic rings. The Balaban J connectivity index is 1.87. The fraction of sp³-hybridized carbons (Fsp3) is 0.188. The van der Waals surface area contributed by atoms with Crippen LogP contribution in [0.2, 0.25) is 5.02 Å². The summed E-state index contributed by atoms with van der Waals surface area (Å²) in [5.74, 6) is -0.496. The van der Waals surface area contributed by atoms with Gasteiger partial charge in [0.2, 0.25) is 5.91 Å². The molecule has 0 aliphatic carbocycles. The third-order valence-corrected chi connectivity index (χ3v) is 3.52. The Morgan fingerprint density at radius 2 is 1.90 bits per heavy atom. The first-order valence-corrected chi connectivity index (χ1v) is 6.95. The highest BCUT2D eigenvalue weighted by atomic mass is 35.5. The number of halogens is 1. The molecule has 0 unspecified atom stereocenters. The summed E-state index contributed by atoms with van der Waals surface area (Å²) in [5, 5.41) is 0.477. The van der Waals surface area contributed by atoms with Crippen LogP contribution in [-0.4, -0.2) is 12.5 Å². The maximum absolute atomic E-state index is 11.0. The molecule has 4 N–H and O–H groups in total. The van der Waals surface area contributed by atoms with E-state index in [-0.39, 0.29) is 0 Å². The number of nitrogens with two attached hydrogens (primary N) is 2. The van der Waals surface area contributed by atoms with Gasteiger partial charge in [-0.25, -0.2) is 0 Å². The first kappa shape index (κ1) is 15.4. The molecule has 0 atom stereocenters. The molecule has 0 heterocycles. The summed E-state index contributed by atoms with van der Waals surface area (Å²) < 4.78 is 5.60. The first-order valence-electron chi connectivity index (χ1n) is 6.57. The third kappa shape index (κ3) is 4.21. The van der Waals surface area contributed by atoms with E-state index in [0.717, 1.165) is 23.2 Å². The van der Waals surface area contributed by atoms with Crippen LogP contribution in [0.4, 0.5) is 5.69 Å². The van der Waals surface area contributed by atoms with Crippen LogP contribution in [0.1, 0.15) is 21.5 Å². The lowest BCUT2D eigenvalue weighted by Gasteiger charge is -2.08. The second-order valence-corrected chi connectivity index (χ2v) is 5.08. The number of nitrogen functional groups attached to an aromatic ring is 1. The molecule has 0 fully saturated rings. The predicted molar refractivity (Wildman–Crippen MR) is 84.2 cm³/mol. The lowest BCUT2D eigenvalue weighted by Crippen LogP contribution is -2.11. The molecule has 21 heavy (non-hydrogen) atoms. The lowest BCUT2D eigenvalue weighted by molar-refractivity contribution is 0.1000. The topological polar surface area (TPSA) is 78.3 Å². The van der Waals surface area contributed by atoms with Gasteiger partial charge in [-0.2, -0.15) is 0 Å². The smallest absolute Gasteiger partial charge is 0.248 e.